The van der Waals surface area contributed by atoms with Crippen molar-refractivity contribution in [2.45, 2.75) is 20.3 Å². The van der Waals surface area contributed by atoms with E-state index in [0.717, 1.165) is 0 Å². The largest absolute Gasteiger partial charge is 0.462 e. The summed E-state index contributed by atoms with van der Waals surface area (Å²) in [6.45, 7) is 3.95. The molecule has 0 aromatic heterocycles. The van der Waals surface area contributed by atoms with Crippen LogP contribution in [0.4, 0.5) is 10.1 Å². The number of carbonyl (C=O) groups excluding carboxylic acids is 3. The minimum absolute atomic E-state index is 0.0616. The minimum atomic E-state index is -0.423. The first-order chi connectivity index (χ1) is 13.4. The highest BCUT2D eigenvalue weighted by Crippen LogP contribution is 2.16. The van der Waals surface area contributed by atoms with Crippen molar-refractivity contribution < 1.29 is 23.5 Å². The molecule has 0 bridgehead atoms. The lowest BCUT2D eigenvalue weighted by atomic mass is 10.1. The number of rotatable bonds is 8. The Kier molecular flexibility index (Phi) is 7.68. The van der Waals surface area contributed by atoms with Crippen molar-refractivity contribution in [3.05, 3.63) is 65.5 Å². The molecule has 6 nitrogen and oxygen atoms in total. The zero-order chi connectivity index (χ0) is 20.5. The van der Waals surface area contributed by atoms with Crippen molar-refractivity contribution in [2.24, 2.45) is 0 Å². The van der Waals surface area contributed by atoms with Crippen LogP contribution in [0.3, 0.4) is 0 Å². The summed E-state index contributed by atoms with van der Waals surface area (Å²) >= 11 is 0. The molecule has 0 aliphatic heterocycles. The maximum Gasteiger partial charge on any atom is 0.338 e. The number of ether oxygens (including phenoxy) is 1. The van der Waals surface area contributed by atoms with Crippen LogP contribution >= 0.6 is 0 Å². The summed E-state index contributed by atoms with van der Waals surface area (Å²) in [6.07, 6.45) is 0.0616. The number of anilines is 1. The Morgan fingerprint density at radius 1 is 1.11 bits per heavy atom. The van der Waals surface area contributed by atoms with E-state index in [1.807, 2.05) is 0 Å². The highest BCUT2D eigenvalue weighted by atomic mass is 19.1. The summed E-state index contributed by atoms with van der Waals surface area (Å²) in [4.78, 5) is 37.2. The van der Waals surface area contributed by atoms with E-state index in [-0.39, 0.29) is 43.7 Å². The Balaban J connectivity index is 1.91. The standard InChI is InChI=1S/C21H23FN2O4/c1-3-28-21(27)17-7-9-19(10-8-17)24(15(2)25)12-11-23-20(26)14-16-5-4-6-18(22)13-16/h4-10,13H,3,11-12,14H2,1-2H3,(H,23,26). The summed E-state index contributed by atoms with van der Waals surface area (Å²) in [5.41, 5.74) is 1.59. The van der Waals surface area contributed by atoms with Gasteiger partial charge in [0, 0.05) is 25.7 Å². The van der Waals surface area contributed by atoms with Gasteiger partial charge in [0.1, 0.15) is 5.82 Å². The van der Waals surface area contributed by atoms with E-state index in [1.54, 1.807) is 43.3 Å². The van der Waals surface area contributed by atoms with Crippen molar-refractivity contribution in [3.63, 3.8) is 0 Å². The third kappa shape index (κ3) is 6.19. The average Bonchev–Trinajstić information content (AvgIpc) is 2.65. The lowest BCUT2D eigenvalue weighted by Gasteiger charge is -2.21. The van der Waals surface area contributed by atoms with Crippen molar-refractivity contribution >= 4 is 23.5 Å². The quantitative estimate of drug-likeness (QED) is 0.708. The van der Waals surface area contributed by atoms with Crippen LogP contribution in [-0.4, -0.2) is 37.5 Å². The van der Waals surface area contributed by atoms with Gasteiger partial charge in [0.15, 0.2) is 0 Å². The SMILES string of the molecule is CCOC(=O)c1ccc(N(CCNC(=O)Cc2cccc(F)c2)C(C)=O)cc1. The minimum Gasteiger partial charge on any atom is -0.462 e. The van der Waals surface area contributed by atoms with Crippen LogP contribution in [0, 0.1) is 5.82 Å². The summed E-state index contributed by atoms with van der Waals surface area (Å²) in [5, 5.41) is 2.72. The molecular weight excluding hydrogens is 363 g/mol. The molecule has 0 aliphatic carbocycles. The predicted molar refractivity (Wildman–Crippen MR) is 104 cm³/mol. The fraction of sp³-hybridized carbons (Fsp3) is 0.286. The van der Waals surface area contributed by atoms with Gasteiger partial charge < -0.3 is 15.0 Å². The summed E-state index contributed by atoms with van der Waals surface area (Å²) in [7, 11) is 0. The maximum atomic E-state index is 13.2. The van der Waals surface area contributed by atoms with Gasteiger partial charge in [-0.25, -0.2) is 9.18 Å². The van der Waals surface area contributed by atoms with Gasteiger partial charge in [-0.3, -0.25) is 9.59 Å². The van der Waals surface area contributed by atoms with E-state index >= 15 is 0 Å². The van der Waals surface area contributed by atoms with E-state index in [0.29, 0.717) is 16.8 Å². The third-order valence-corrected chi connectivity index (χ3v) is 3.98. The second-order valence-corrected chi connectivity index (χ2v) is 6.09. The highest BCUT2D eigenvalue weighted by Gasteiger charge is 2.13. The summed E-state index contributed by atoms with van der Waals surface area (Å²) < 4.78 is 18.1. The molecule has 7 heteroatoms. The van der Waals surface area contributed by atoms with Crippen molar-refractivity contribution in [3.8, 4) is 0 Å². The predicted octanol–water partition coefficient (Wildman–Crippen LogP) is 2.71. The molecule has 0 spiro atoms. The molecule has 2 aromatic carbocycles. The van der Waals surface area contributed by atoms with E-state index in [9.17, 15) is 18.8 Å². The van der Waals surface area contributed by atoms with Gasteiger partial charge in [-0.05, 0) is 48.9 Å². The summed E-state index contributed by atoms with van der Waals surface area (Å²) in [5.74, 6) is -1.26. The van der Waals surface area contributed by atoms with Crippen LogP contribution in [0.1, 0.15) is 29.8 Å². The lowest BCUT2D eigenvalue weighted by Crippen LogP contribution is -2.38. The first-order valence-electron chi connectivity index (χ1n) is 8.97. The first-order valence-corrected chi connectivity index (χ1v) is 8.97. The maximum absolute atomic E-state index is 13.2. The zero-order valence-electron chi connectivity index (χ0n) is 15.9. The molecule has 0 aliphatic rings. The summed E-state index contributed by atoms with van der Waals surface area (Å²) in [6, 6.07) is 12.3. The van der Waals surface area contributed by atoms with Gasteiger partial charge in [-0.1, -0.05) is 12.1 Å². The Labute approximate surface area is 163 Å². The van der Waals surface area contributed by atoms with Gasteiger partial charge in [0.05, 0.1) is 18.6 Å². The smallest absolute Gasteiger partial charge is 0.338 e. The average molecular weight is 386 g/mol. The van der Waals surface area contributed by atoms with Crippen molar-refractivity contribution in [1.82, 2.24) is 5.32 Å². The molecule has 2 rings (SSSR count). The van der Waals surface area contributed by atoms with E-state index in [2.05, 4.69) is 5.32 Å². The number of esters is 1. The monoisotopic (exact) mass is 386 g/mol. The molecule has 0 radical (unpaired) electrons. The normalized spacial score (nSPS) is 10.2. The number of benzene rings is 2. The fourth-order valence-corrected chi connectivity index (χ4v) is 2.66. The van der Waals surface area contributed by atoms with Crippen LogP contribution in [-0.2, 0) is 20.7 Å². The van der Waals surface area contributed by atoms with E-state index in [4.69, 9.17) is 4.74 Å². The zero-order valence-corrected chi connectivity index (χ0v) is 15.9. The molecule has 0 heterocycles. The fourth-order valence-electron chi connectivity index (χ4n) is 2.66. The van der Waals surface area contributed by atoms with Gasteiger partial charge >= 0.3 is 5.97 Å². The lowest BCUT2D eigenvalue weighted by molar-refractivity contribution is -0.121. The number of carbonyl (C=O) groups is 3. The van der Waals surface area contributed by atoms with E-state index < -0.39 is 5.97 Å². The highest BCUT2D eigenvalue weighted by molar-refractivity contribution is 5.93. The van der Waals surface area contributed by atoms with Crippen molar-refractivity contribution in [1.29, 1.82) is 0 Å². The number of hydrogen-bond acceptors (Lipinski definition) is 4. The third-order valence-electron chi connectivity index (χ3n) is 3.98. The van der Waals surface area contributed by atoms with Crippen LogP contribution < -0.4 is 10.2 Å². The van der Waals surface area contributed by atoms with Crippen LogP contribution in [0.5, 0.6) is 0 Å². The first kappa shape index (κ1) is 21.1. The molecule has 148 valence electrons. The second-order valence-electron chi connectivity index (χ2n) is 6.09. The van der Waals surface area contributed by atoms with Gasteiger partial charge in [-0.15, -0.1) is 0 Å². The van der Waals surface area contributed by atoms with Crippen LogP contribution in [0.25, 0.3) is 0 Å². The van der Waals surface area contributed by atoms with Crippen molar-refractivity contribution in [2.75, 3.05) is 24.6 Å². The van der Waals surface area contributed by atoms with Crippen LogP contribution in [0.2, 0.25) is 0 Å². The number of nitrogens with one attached hydrogen (secondary N) is 1. The van der Waals surface area contributed by atoms with Crippen LogP contribution in [0.15, 0.2) is 48.5 Å². The van der Waals surface area contributed by atoms with Gasteiger partial charge in [0.2, 0.25) is 11.8 Å². The molecule has 0 unspecified atom stereocenters. The molecule has 0 saturated carbocycles. The molecular formula is C21H23FN2O4. The molecule has 0 fully saturated rings. The number of nitrogens with zero attached hydrogens (tertiary/aromatic N) is 1. The van der Waals surface area contributed by atoms with Gasteiger partial charge in [-0.2, -0.15) is 0 Å². The molecule has 2 amide bonds. The van der Waals surface area contributed by atoms with E-state index in [1.165, 1.54) is 24.0 Å². The Morgan fingerprint density at radius 3 is 2.43 bits per heavy atom. The molecule has 28 heavy (non-hydrogen) atoms. The molecule has 2 aromatic rings. The molecule has 0 atom stereocenters. The van der Waals surface area contributed by atoms with Gasteiger partial charge in [0.25, 0.3) is 0 Å². The Bertz CT molecular complexity index is 837. The molecule has 0 saturated heterocycles. The Morgan fingerprint density at radius 2 is 1.82 bits per heavy atom. The number of hydrogen-bond donors (Lipinski definition) is 1. The second kappa shape index (κ2) is 10.2. The molecule has 1 N–H and O–H groups in total. The topological polar surface area (TPSA) is 75.7 Å². The number of amides is 2. The number of halogens is 1. The Hall–Kier alpha value is -3.22.